The SMILES string of the molecule is COCc1nc(C(=O)NCc2ccccc2S(=O)(=O)N(C)C)cs1. The molecule has 130 valence electrons. The molecule has 1 amide bonds. The maximum Gasteiger partial charge on any atom is 0.271 e. The molecule has 0 fully saturated rings. The molecule has 0 aliphatic carbocycles. The van der Waals surface area contributed by atoms with Crippen molar-refractivity contribution in [1.82, 2.24) is 14.6 Å². The van der Waals surface area contributed by atoms with Crippen molar-refractivity contribution in [3.05, 3.63) is 45.9 Å². The van der Waals surface area contributed by atoms with Crippen LogP contribution in [-0.2, 0) is 27.9 Å². The Balaban J connectivity index is 2.13. The van der Waals surface area contributed by atoms with Crippen LogP contribution in [0.25, 0.3) is 0 Å². The summed E-state index contributed by atoms with van der Waals surface area (Å²) in [6.45, 7) is 0.446. The molecule has 2 rings (SSSR count). The lowest BCUT2D eigenvalue weighted by atomic mass is 10.2. The number of sulfonamides is 1. The topological polar surface area (TPSA) is 88.6 Å². The van der Waals surface area contributed by atoms with Gasteiger partial charge in [-0.05, 0) is 11.6 Å². The van der Waals surface area contributed by atoms with Crippen molar-refractivity contribution < 1.29 is 17.9 Å². The standard InChI is InChI=1S/C15H19N3O4S2/c1-18(2)24(20,21)13-7-5-4-6-11(13)8-16-15(19)12-10-23-14(17-12)9-22-3/h4-7,10H,8-9H2,1-3H3,(H,16,19). The first-order valence-electron chi connectivity index (χ1n) is 7.08. The van der Waals surface area contributed by atoms with Crippen LogP contribution in [-0.4, -0.2) is 44.8 Å². The van der Waals surface area contributed by atoms with Crippen LogP contribution in [0.1, 0.15) is 21.1 Å². The normalized spacial score (nSPS) is 11.7. The number of amides is 1. The van der Waals surface area contributed by atoms with Gasteiger partial charge in [-0.2, -0.15) is 0 Å². The third-order valence-electron chi connectivity index (χ3n) is 3.22. The van der Waals surface area contributed by atoms with E-state index in [0.717, 1.165) is 4.31 Å². The summed E-state index contributed by atoms with van der Waals surface area (Å²) in [7, 11) is 0.927. The van der Waals surface area contributed by atoms with Gasteiger partial charge >= 0.3 is 0 Å². The van der Waals surface area contributed by atoms with Gasteiger partial charge in [0.15, 0.2) is 0 Å². The Bertz CT molecular complexity index is 816. The van der Waals surface area contributed by atoms with E-state index in [4.69, 9.17) is 4.74 Å². The quantitative estimate of drug-likeness (QED) is 0.798. The van der Waals surface area contributed by atoms with Crippen LogP contribution in [0.2, 0.25) is 0 Å². The fourth-order valence-electron chi connectivity index (χ4n) is 1.97. The molecule has 0 atom stereocenters. The molecular formula is C15H19N3O4S2. The molecule has 9 heteroatoms. The summed E-state index contributed by atoms with van der Waals surface area (Å²) in [6, 6.07) is 6.58. The predicted octanol–water partition coefficient (Wildman–Crippen LogP) is 1.47. The van der Waals surface area contributed by atoms with E-state index < -0.39 is 10.0 Å². The lowest BCUT2D eigenvalue weighted by Gasteiger charge is -2.15. The van der Waals surface area contributed by atoms with Gasteiger partial charge in [-0.1, -0.05) is 18.2 Å². The Labute approximate surface area is 145 Å². The molecule has 0 aliphatic rings. The molecule has 0 spiro atoms. The highest BCUT2D eigenvalue weighted by atomic mass is 32.2. The van der Waals surface area contributed by atoms with Crippen molar-refractivity contribution >= 4 is 27.3 Å². The molecule has 0 aliphatic heterocycles. The molecule has 1 N–H and O–H groups in total. The number of nitrogens with zero attached hydrogens (tertiary/aromatic N) is 2. The average Bonchev–Trinajstić information content (AvgIpc) is 3.02. The summed E-state index contributed by atoms with van der Waals surface area (Å²) < 4.78 is 30.8. The minimum atomic E-state index is -3.57. The Morgan fingerprint density at radius 2 is 2.04 bits per heavy atom. The van der Waals surface area contributed by atoms with Gasteiger partial charge < -0.3 is 10.1 Å². The number of nitrogens with one attached hydrogen (secondary N) is 1. The highest BCUT2D eigenvalue weighted by Gasteiger charge is 2.21. The van der Waals surface area contributed by atoms with Crippen LogP contribution < -0.4 is 5.32 Å². The van der Waals surface area contributed by atoms with Crippen molar-refractivity contribution in [2.75, 3.05) is 21.2 Å². The zero-order chi connectivity index (χ0) is 17.7. The summed E-state index contributed by atoms with van der Waals surface area (Å²) in [5.41, 5.74) is 0.812. The van der Waals surface area contributed by atoms with Crippen molar-refractivity contribution in [3.63, 3.8) is 0 Å². The first kappa shape index (κ1) is 18.5. The maximum absolute atomic E-state index is 12.3. The van der Waals surface area contributed by atoms with Gasteiger partial charge in [-0.25, -0.2) is 17.7 Å². The van der Waals surface area contributed by atoms with E-state index >= 15 is 0 Å². The van der Waals surface area contributed by atoms with Crippen LogP contribution in [0.5, 0.6) is 0 Å². The Morgan fingerprint density at radius 3 is 2.71 bits per heavy atom. The second kappa shape index (κ2) is 7.84. The van der Waals surface area contributed by atoms with Gasteiger partial charge in [-0.3, -0.25) is 4.79 Å². The van der Waals surface area contributed by atoms with Gasteiger partial charge in [0, 0.05) is 33.1 Å². The molecule has 1 heterocycles. The zero-order valence-electron chi connectivity index (χ0n) is 13.6. The first-order valence-corrected chi connectivity index (χ1v) is 9.40. The fraction of sp³-hybridized carbons (Fsp3) is 0.333. The van der Waals surface area contributed by atoms with Crippen molar-refractivity contribution in [3.8, 4) is 0 Å². The van der Waals surface area contributed by atoms with E-state index in [9.17, 15) is 13.2 Å². The van der Waals surface area contributed by atoms with E-state index in [0.29, 0.717) is 22.9 Å². The molecule has 0 bridgehead atoms. The summed E-state index contributed by atoms with van der Waals surface area (Å²) >= 11 is 1.34. The number of aromatic nitrogens is 1. The molecular weight excluding hydrogens is 350 g/mol. The number of benzene rings is 1. The van der Waals surface area contributed by atoms with Gasteiger partial charge in [-0.15, -0.1) is 11.3 Å². The fourth-order valence-corrected chi connectivity index (χ4v) is 3.83. The monoisotopic (exact) mass is 369 g/mol. The van der Waals surface area contributed by atoms with Crippen molar-refractivity contribution in [1.29, 1.82) is 0 Å². The number of carbonyl (C=O) groups is 1. The van der Waals surface area contributed by atoms with Crippen LogP contribution in [0.15, 0.2) is 34.5 Å². The highest BCUT2D eigenvalue weighted by molar-refractivity contribution is 7.89. The predicted molar refractivity (Wildman–Crippen MR) is 91.3 cm³/mol. The van der Waals surface area contributed by atoms with Crippen LogP contribution in [0.3, 0.4) is 0 Å². The first-order chi connectivity index (χ1) is 11.4. The molecule has 1 aromatic carbocycles. The van der Waals surface area contributed by atoms with E-state index in [1.165, 1.54) is 31.5 Å². The smallest absolute Gasteiger partial charge is 0.271 e. The highest BCUT2D eigenvalue weighted by Crippen LogP contribution is 2.18. The van der Waals surface area contributed by atoms with Crippen molar-refractivity contribution in [2.45, 2.75) is 18.0 Å². The number of rotatable bonds is 7. The molecule has 24 heavy (non-hydrogen) atoms. The zero-order valence-corrected chi connectivity index (χ0v) is 15.3. The molecule has 0 saturated carbocycles. The number of hydrogen-bond donors (Lipinski definition) is 1. The minimum Gasteiger partial charge on any atom is -0.378 e. The molecule has 2 aromatic rings. The van der Waals surface area contributed by atoms with Gasteiger partial charge in [0.25, 0.3) is 5.91 Å². The number of thiazole rings is 1. The summed E-state index contributed by atoms with van der Waals surface area (Å²) in [6.07, 6.45) is 0. The lowest BCUT2D eigenvalue weighted by Crippen LogP contribution is -2.27. The second-order valence-electron chi connectivity index (χ2n) is 5.14. The molecule has 0 saturated heterocycles. The Morgan fingerprint density at radius 1 is 1.33 bits per heavy atom. The van der Waals surface area contributed by atoms with E-state index in [1.807, 2.05) is 0 Å². The molecule has 0 radical (unpaired) electrons. The molecule has 7 nitrogen and oxygen atoms in total. The van der Waals surface area contributed by atoms with Gasteiger partial charge in [0.1, 0.15) is 10.7 Å². The largest absolute Gasteiger partial charge is 0.378 e. The summed E-state index contributed by atoms with van der Waals surface area (Å²) in [5.74, 6) is -0.356. The van der Waals surface area contributed by atoms with E-state index in [1.54, 1.807) is 30.7 Å². The number of carbonyl (C=O) groups excluding carboxylic acids is 1. The van der Waals surface area contributed by atoms with Crippen LogP contribution >= 0.6 is 11.3 Å². The third-order valence-corrected chi connectivity index (χ3v) is 5.96. The van der Waals surface area contributed by atoms with Crippen LogP contribution in [0, 0.1) is 0 Å². The second-order valence-corrected chi connectivity index (χ2v) is 8.20. The summed E-state index contributed by atoms with van der Waals surface area (Å²) in [5, 5.41) is 5.06. The molecule has 0 unspecified atom stereocenters. The van der Waals surface area contributed by atoms with Crippen LogP contribution in [0.4, 0.5) is 0 Å². The number of ether oxygens (including phenoxy) is 1. The van der Waals surface area contributed by atoms with E-state index in [2.05, 4.69) is 10.3 Å². The minimum absolute atomic E-state index is 0.0964. The average molecular weight is 369 g/mol. The third kappa shape index (κ3) is 4.18. The Kier molecular flexibility index (Phi) is 6.05. The number of hydrogen-bond acceptors (Lipinski definition) is 6. The maximum atomic E-state index is 12.3. The number of methoxy groups -OCH3 is 1. The van der Waals surface area contributed by atoms with Gasteiger partial charge in [0.05, 0.1) is 11.5 Å². The van der Waals surface area contributed by atoms with Crippen molar-refractivity contribution in [2.24, 2.45) is 0 Å². The van der Waals surface area contributed by atoms with E-state index in [-0.39, 0.29) is 17.3 Å². The Hall–Kier alpha value is -1.81. The summed E-state index contributed by atoms with van der Waals surface area (Å²) in [4.78, 5) is 16.5. The van der Waals surface area contributed by atoms with Gasteiger partial charge in [0.2, 0.25) is 10.0 Å². The lowest BCUT2D eigenvalue weighted by molar-refractivity contribution is 0.0945. The molecule has 1 aromatic heterocycles.